The number of ketones is 1. The molecule has 1 aliphatic heterocycles. The smallest absolute Gasteiger partial charge is 0.241 e. The summed E-state index contributed by atoms with van der Waals surface area (Å²) in [5.74, 6) is 2.50. The molecule has 0 unspecified atom stereocenters. The second-order valence-electron chi connectivity index (χ2n) is 7.91. The Morgan fingerprint density at radius 3 is 2.71 bits per heavy atom. The zero-order chi connectivity index (χ0) is 21.6. The fourth-order valence-electron chi connectivity index (χ4n) is 3.96. The largest absolute Gasteiger partial charge is 0.495 e. The number of halogens is 1. The number of carbonyl (C=O) groups is 1. The van der Waals surface area contributed by atoms with Gasteiger partial charge in [-0.25, -0.2) is 0 Å². The van der Waals surface area contributed by atoms with E-state index in [1.807, 2.05) is 30.3 Å². The van der Waals surface area contributed by atoms with Crippen LogP contribution in [-0.2, 0) is 6.54 Å². The van der Waals surface area contributed by atoms with Gasteiger partial charge in [0.05, 0.1) is 18.7 Å². The van der Waals surface area contributed by atoms with E-state index in [0.717, 1.165) is 37.9 Å². The predicted molar refractivity (Wildman–Crippen MR) is 119 cm³/mol. The van der Waals surface area contributed by atoms with Gasteiger partial charge in [0.25, 0.3) is 0 Å². The van der Waals surface area contributed by atoms with E-state index in [0.29, 0.717) is 46.9 Å². The molecule has 0 atom stereocenters. The molecule has 0 aliphatic carbocycles. The average molecular weight is 440 g/mol. The minimum absolute atomic E-state index is 0.136. The second-order valence-corrected chi connectivity index (χ2v) is 8.32. The Morgan fingerprint density at radius 1 is 1.19 bits per heavy atom. The van der Waals surface area contributed by atoms with Crippen molar-refractivity contribution in [2.45, 2.75) is 32.2 Å². The first kappa shape index (κ1) is 21.5. The minimum atomic E-state index is 0.136. The van der Waals surface area contributed by atoms with Crippen LogP contribution in [0.3, 0.4) is 0 Å². The van der Waals surface area contributed by atoms with Gasteiger partial charge in [0.1, 0.15) is 5.75 Å². The number of nitrogens with zero attached hydrogens (tertiary/aromatic N) is 3. The van der Waals surface area contributed by atoms with Gasteiger partial charge in [0.15, 0.2) is 5.78 Å². The van der Waals surface area contributed by atoms with Crippen molar-refractivity contribution in [1.82, 2.24) is 15.0 Å². The lowest BCUT2D eigenvalue weighted by Crippen LogP contribution is -2.33. The molecule has 1 saturated heterocycles. The third-order valence-corrected chi connectivity index (χ3v) is 6.13. The summed E-state index contributed by atoms with van der Waals surface area (Å²) in [4.78, 5) is 19.4. The van der Waals surface area contributed by atoms with Gasteiger partial charge in [-0.1, -0.05) is 47.1 Å². The lowest BCUT2D eigenvalue weighted by molar-refractivity contribution is 0.0959. The van der Waals surface area contributed by atoms with Gasteiger partial charge < -0.3 is 9.26 Å². The van der Waals surface area contributed by atoms with Gasteiger partial charge in [0.2, 0.25) is 11.7 Å². The van der Waals surface area contributed by atoms with Crippen molar-refractivity contribution >= 4 is 17.4 Å². The number of methoxy groups -OCH3 is 1. The molecule has 0 N–H and O–H groups in total. The fourth-order valence-corrected chi connectivity index (χ4v) is 4.16. The van der Waals surface area contributed by atoms with Crippen LogP contribution in [-0.4, -0.2) is 41.0 Å². The maximum absolute atomic E-state index is 12.6. The first-order valence-corrected chi connectivity index (χ1v) is 11.0. The van der Waals surface area contributed by atoms with Gasteiger partial charge in [-0.2, -0.15) is 4.98 Å². The monoisotopic (exact) mass is 439 g/mol. The molecule has 1 fully saturated rings. The van der Waals surface area contributed by atoms with Gasteiger partial charge in [-0.05, 0) is 56.5 Å². The zero-order valence-corrected chi connectivity index (χ0v) is 18.3. The van der Waals surface area contributed by atoms with Crippen LogP contribution < -0.4 is 4.74 Å². The summed E-state index contributed by atoms with van der Waals surface area (Å²) in [6, 6.07) is 15.0. The van der Waals surface area contributed by atoms with Crippen molar-refractivity contribution in [3.63, 3.8) is 0 Å². The predicted octanol–water partition coefficient (Wildman–Crippen LogP) is 5.27. The summed E-state index contributed by atoms with van der Waals surface area (Å²) in [7, 11) is 1.56. The molecule has 0 spiro atoms. The molecular weight excluding hydrogens is 414 g/mol. The molecule has 0 amide bonds. The van der Waals surface area contributed by atoms with E-state index in [1.54, 1.807) is 25.3 Å². The highest BCUT2D eigenvalue weighted by Gasteiger charge is 2.22. The molecule has 0 saturated carbocycles. The molecule has 4 rings (SSSR count). The highest BCUT2D eigenvalue weighted by molar-refractivity contribution is 6.32. The summed E-state index contributed by atoms with van der Waals surface area (Å²) < 4.78 is 10.6. The van der Waals surface area contributed by atoms with Crippen molar-refractivity contribution in [3.05, 3.63) is 65.0 Å². The number of hydrogen-bond acceptors (Lipinski definition) is 6. The zero-order valence-electron chi connectivity index (χ0n) is 17.6. The Bertz CT molecular complexity index is 1010. The van der Waals surface area contributed by atoms with Crippen LogP contribution in [0, 0.1) is 5.92 Å². The quantitative estimate of drug-likeness (QED) is 0.445. The molecule has 1 aliphatic rings. The van der Waals surface area contributed by atoms with E-state index in [4.69, 9.17) is 20.9 Å². The highest BCUT2D eigenvalue weighted by Crippen LogP contribution is 2.28. The van der Waals surface area contributed by atoms with Crippen molar-refractivity contribution in [2.24, 2.45) is 5.92 Å². The van der Waals surface area contributed by atoms with Crippen LogP contribution >= 0.6 is 11.6 Å². The summed E-state index contributed by atoms with van der Waals surface area (Å²) in [6.07, 6.45) is 3.57. The molecule has 162 valence electrons. The number of likely N-dealkylation sites (tertiary alicyclic amines) is 1. The first-order valence-electron chi connectivity index (χ1n) is 10.6. The lowest BCUT2D eigenvalue weighted by Gasteiger charge is -2.30. The molecule has 2 heterocycles. The van der Waals surface area contributed by atoms with Gasteiger partial charge >= 0.3 is 0 Å². The molecular formula is C24H26ClN3O3. The Balaban J connectivity index is 1.23. The number of Topliss-reactive ketones (excluding diaryl/α,β-unsaturated/α-hetero) is 1. The number of carbonyl (C=O) groups excluding carboxylic acids is 1. The van der Waals surface area contributed by atoms with Gasteiger partial charge in [-0.3, -0.25) is 9.69 Å². The van der Waals surface area contributed by atoms with Crippen molar-refractivity contribution in [2.75, 3.05) is 20.2 Å². The van der Waals surface area contributed by atoms with Crippen molar-refractivity contribution < 1.29 is 14.1 Å². The molecule has 3 aromatic rings. The maximum atomic E-state index is 12.6. The van der Waals surface area contributed by atoms with Crippen LogP contribution in [0.2, 0.25) is 5.02 Å². The van der Waals surface area contributed by atoms with E-state index in [1.165, 1.54) is 0 Å². The lowest BCUT2D eigenvalue weighted by atomic mass is 9.90. The van der Waals surface area contributed by atoms with Crippen LogP contribution in [0.25, 0.3) is 11.4 Å². The number of rotatable bonds is 8. The van der Waals surface area contributed by atoms with Crippen LogP contribution in [0.4, 0.5) is 0 Å². The SMILES string of the molecule is COc1cc(C(=O)CCC2CCN(Cc3nc(-c4ccccc4)no3)CC2)ccc1Cl. The molecule has 0 radical (unpaired) electrons. The first-order chi connectivity index (χ1) is 15.1. The van der Waals surface area contributed by atoms with E-state index in [-0.39, 0.29) is 5.78 Å². The third kappa shape index (κ3) is 5.51. The van der Waals surface area contributed by atoms with Gasteiger partial charge in [0, 0.05) is 17.5 Å². The molecule has 7 heteroatoms. The van der Waals surface area contributed by atoms with Crippen LogP contribution in [0.1, 0.15) is 41.9 Å². The van der Waals surface area contributed by atoms with E-state index < -0.39 is 0 Å². The van der Waals surface area contributed by atoms with E-state index >= 15 is 0 Å². The highest BCUT2D eigenvalue weighted by atomic mass is 35.5. The normalized spacial score (nSPS) is 15.2. The van der Waals surface area contributed by atoms with Gasteiger partial charge in [-0.15, -0.1) is 0 Å². The molecule has 2 aromatic carbocycles. The molecule has 1 aromatic heterocycles. The topological polar surface area (TPSA) is 68.5 Å². The van der Waals surface area contributed by atoms with E-state index in [9.17, 15) is 4.79 Å². The maximum Gasteiger partial charge on any atom is 0.241 e. The number of piperidine rings is 1. The number of hydrogen-bond donors (Lipinski definition) is 0. The van der Waals surface area contributed by atoms with Crippen LogP contribution in [0.5, 0.6) is 5.75 Å². The van der Waals surface area contributed by atoms with Crippen molar-refractivity contribution in [1.29, 1.82) is 0 Å². The molecule has 0 bridgehead atoms. The summed E-state index contributed by atoms with van der Waals surface area (Å²) in [5, 5.41) is 4.61. The summed E-state index contributed by atoms with van der Waals surface area (Å²) >= 11 is 6.05. The second kappa shape index (κ2) is 10.1. The molecule has 31 heavy (non-hydrogen) atoms. The Hall–Kier alpha value is -2.70. The fraction of sp³-hybridized carbons (Fsp3) is 0.375. The number of ether oxygens (including phenoxy) is 1. The number of benzene rings is 2. The summed E-state index contributed by atoms with van der Waals surface area (Å²) in [6.45, 7) is 2.60. The Kier molecular flexibility index (Phi) is 6.99. The standard InChI is InChI=1S/C24H26ClN3O3/c1-30-22-15-19(8-9-20(22)25)21(29)10-7-17-11-13-28(14-12-17)16-23-26-24(27-31-23)18-5-3-2-4-6-18/h2-6,8-9,15,17H,7,10-14,16H2,1H3. The van der Waals surface area contributed by atoms with Crippen molar-refractivity contribution in [3.8, 4) is 17.1 Å². The van der Waals surface area contributed by atoms with E-state index in [2.05, 4.69) is 15.0 Å². The molecule has 6 nitrogen and oxygen atoms in total. The minimum Gasteiger partial charge on any atom is -0.495 e. The average Bonchev–Trinajstić information content (AvgIpc) is 3.28. The Labute approximate surface area is 187 Å². The third-order valence-electron chi connectivity index (χ3n) is 5.82. The number of aromatic nitrogens is 2. The summed E-state index contributed by atoms with van der Waals surface area (Å²) in [5.41, 5.74) is 1.61. The van der Waals surface area contributed by atoms with Crippen LogP contribution in [0.15, 0.2) is 53.1 Å². The Morgan fingerprint density at radius 2 is 1.97 bits per heavy atom.